The molecule has 0 saturated heterocycles. The highest BCUT2D eigenvalue weighted by Gasteiger charge is 2.24. The fraction of sp³-hybridized carbons (Fsp3) is 0.226. The number of carbonyl (C=O) groups is 2. The highest BCUT2D eigenvalue weighted by Crippen LogP contribution is 2.34. The molecule has 0 aliphatic carbocycles. The van der Waals surface area contributed by atoms with Crippen molar-refractivity contribution in [1.29, 1.82) is 0 Å². The summed E-state index contributed by atoms with van der Waals surface area (Å²) in [6, 6.07) is 20.2. The third-order valence-corrected chi connectivity index (χ3v) is 6.36. The summed E-state index contributed by atoms with van der Waals surface area (Å²) in [6.45, 7) is 8.88. The van der Waals surface area contributed by atoms with E-state index in [1.165, 1.54) is 0 Å². The van der Waals surface area contributed by atoms with E-state index in [4.69, 9.17) is 13.6 Å². The number of nitrogens with one attached hydrogen (secondary N) is 1. The molecule has 0 spiro atoms. The van der Waals surface area contributed by atoms with Gasteiger partial charge in [0.2, 0.25) is 11.7 Å². The highest BCUT2D eigenvalue weighted by atomic mass is 16.5. The van der Waals surface area contributed by atoms with E-state index in [1.54, 1.807) is 36.6 Å². The Morgan fingerprint density at radius 2 is 1.68 bits per heavy atom. The standard InChI is InChI=1S/C31H29NO5/c1-5-35-22-13-10-19(11-14-22)29(34)30-28(23-8-6-7-9-26(23)37-30)32-27(33)16-20-18-36-25-15-12-21(17-24(20)25)31(2,3)4/h6-15,17-18H,5,16H2,1-4H3,(H,32,33). The second-order valence-electron chi connectivity index (χ2n) is 10.0. The van der Waals surface area contributed by atoms with Gasteiger partial charge in [0.1, 0.15) is 16.9 Å². The van der Waals surface area contributed by atoms with Gasteiger partial charge in [-0.05, 0) is 66.4 Å². The van der Waals surface area contributed by atoms with E-state index in [0.717, 1.165) is 22.1 Å². The van der Waals surface area contributed by atoms with Crippen molar-refractivity contribution in [3.8, 4) is 5.75 Å². The lowest BCUT2D eigenvalue weighted by atomic mass is 9.86. The second-order valence-corrected chi connectivity index (χ2v) is 10.0. The molecule has 1 amide bonds. The van der Waals surface area contributed by atoms with Crippen LogP contribution in [0.15, 0.2) is 81.8 Å². The zero-order chi connectivity index (χ0) is 26.2. The number of ketones is 1. The van der Waals surface area contributed by atoms with Crippen LogP contribution in [0.1, 0.15) is 54.9 Å². The Balaban J connectivity index is 1.45. The Morgan fingerprint density at radius 1 is 0.919 bits per heavy atom. The summed E-state index contributed by atoms with van der Waals surface area (Å²) >= 11 is 0. The third kappa shape index (κ3) is 4.87. The summed E-state index contributed by atoms with van der Waals surface area (Å²) < 4.78 is 17.1. The molecule has 0 fully saturated rings. The fourth-order valence-corrected chi connectivity index (χ4v) is 4.37. The van der Waals surface area contributed by atoms with E-state index in [-0.39, 0.29) is 29.3 Å². The van der Waals surface area contributed by atoms with Crippen LogP contribution >= 0.6 is 0 Å². The van der Waals surface area contributed by atoms with Gasteiger partial charge in [0.05, 0.1) is 25.0 Å². The SMILES string of the molecule is CCOc1ccc(C(=O)c2oc3ccccc3c2NC(=O)Cc2coc3ccc(C(C)(C)C)cc23)cc1. The van der Waals surface area contributed by atoms with Gasteiger partial charge in [-0.2, -0.15) is 0 Å². The summed E-state index contributed by atoms with van der Waals surface area (Å²) in [4.78, 5) is 26.7. The molecule has 0 aliphatic rings. The summed E-state index contributed by atoms with van der Waals surface area (Å²) in [5.41, 5.74) is 3.97. The molecule has 0 saturated carbocycles. The Morgan fingerprint density at radius 3 is 2.41 bits per heavy atom. The Kier molecular flexibility index (Phi) is 6.34. The topological polar surface area (TPSA) is 81.7 Å². The van der Waals surface area contributed by atoms with Gasteiger partial charge in [-0.3, -0.25) is 9.59 Å². The smallest absolute Gasteiger partial charge is 0.230 e. The van der Waals surface area contributed by atoms with Crippen LogP contribution in [0.25, 0.3) is 21.9 Å². The van der Waals surface area contributed by atoms with E-state index >= 15 is 0 Å². The molecule has 3 aromatic carbocycles. The number of hydrogen-bond acceptors (Lipinski definition) is 5. The maximum Gasteiger partial charge on any atom is 0.230 e. The number of para-hydroxylation sites is 1. The monoisotopic (exact) mass is 495 g/mol. The zero-order valence-electron chi connectivity index (χ0n) is 21.4. The fourth-order valence-electron chi connectivity index (χ4n) is 4.37. The quantitative estimate of drug-likeness (QED) is 0.240. The molecule has 6 heteroatoms. The predicted octanol–water partition coefficient (Wildman–Crippen LogP) is 7.29. The molecule has 2 aromatic heterocycles. The van der Waals surface area contributed by atoms with E-state index in [1.807, 2.05) is 37.3 Å². The van der Waals surface area contributed by atoms with E-state index in [2.05, 4.69) is 32.2 Å². The number of hydrogen-bond donors (Lipinski definition) is 1. The minimum absolute atomic E-state index is 0.0309. The van der Waals surface area contributed by atoms with Gasteiger partial charge in [-0.1, -0.05) is 39.0 Å². The van der Waals surface area contributed by atoms with Gasteiger partial charge in [0, 0.05) is 21.9 Å². The van der Waals surface area contributed by atoms with Crippen molar-refractivity contribution in [3.63, 3.8) is 0 Å². The minimum atomic E-state index is -0.321. The lowest BCUT2D eigenvalue weighted by Gasteiger charge is -2.18. The van der Waals surface area contributed by atoms with Gasteiger partial charge in [0.15, 0.2) is 5.76 Å². The number of anilines is 1. The number of amides is 1. The van der Waals surface area contributed by atoms with Gasteiger partial charge in [0.25, 0.3) is 0 Å². The normalized spacial score (nSPS) is 11.7. The summed E-state index contributed by atoms with van der Waals surface area (Å²) in [6.07, 6.45) is 1.72. The number of benzene rings is 3. The average Bonchev–Trinajstić information content (AvgIpc) is 3.45. The number of fused-ring (bicyclic) bond motifs is 2. The van der Waals surface area contributed by atoms with Gasteiger partial charge < -0.3 is 18.9 Å². The van der Waals surface area contributed by atoms with Crippen LogP contribution in [0.5, 0.6) is 5.75 Å². The van der Waals surface area contributed by atoms with Crippen LogP contribution < -0.4 is 10.1 Å². The van der Waals surface area contributed by atoms with E-state index < -0.39 is 0 Å². The molecular formula is C31H29NO5. The van der Waals surface area contributed by atoms with Crippen LogP contribution in [-0.4, -0.2) is 18.3 Å². The first-order valence-corrected chi connectivity index (χ1v) is 12.3. The summed E-state index contributed by atoms with van der Waals surface area (Å²) in [5.74, 6) is 0.180. The molecule has 6 nitrogen and oxygen atoms in total. The molecule has 1 N–H and O–H groups in total. The first kappa shape index (κ1) is 24.4. The third-order valence-electron chi connectivity index (χ3n) is 6.36. The van der Waals surface area contributed by atoms with Crippen molar-refractivity contribution in [1.82, 2.24) is 0 Å². The number of carbonyl (C=O) groups excluding carboxylic acids is 2. The van der Waals surface area contributed by atoms with Gasteiger partial charge in [-0.25, -0.2) is 0 Å². The van der Waals surface area contributed by atoms with Crippen molar-refractivity contribution < 1.29 is 23.2 Å². The van der Waals surface area contributed by atoms with Crippen molar-refractivity contribution in [3.05, 3.63) is 95.4 Å². The molecule has 2 heterocycles. The molecule has 37 heavy (non-hydrogen) atoms. The van der Waals surface area contributed by atoms with E-state index in [0.29, 0.717) is 34.6 Å². The average molecular weight is 496 g/mol. The molecule has 0 unspecified atom stereocenters. The van der Waals surface area contributed by atoms with Crippen LogP contribution in [0.4, 0.5) is 5.69 Å². The number of furan rings is 2. The Hall–Kier alpha value is -4.32. The largest absolute Gasteiger partial charge is 0.494 e. The van der Waals surface area contributed by atoms with Crippen LogP contribution in [0.2, 0.25) is 0 Å². The van der Waals surface area contributed by atoms with Crippen molar-refractivity contribution in [2.45, 2.75) is 39.5 Å². The molecule has 188 valence electrons. The molecular weight excluding hydrogens is 466 g/mol. The van der Waals surface area contributed by atoms with Crippen molar-refractivity contribution in [2.75, 3.05) is 11.9 Å². The lowest BCUT2D eigenvalue weighted by Crippen LogP contribution is -2.16. The molecule has 0 aliphatic heterocycles. The molecule has 5 rings (SSSR count). The highest BCUT2D eigenvalue weighted by molar-refractivity contribution is 6.17. The van der Waals surface area contributed by atoms with Crippen LogP contribution in [0, 0.1) is 0 Å². The van der Waals surface area contributed by atoms with E-state index in [9.17, 15) is 9.59 Å². The molecule has 5 aromatic rings. The first-order chi connectivity index (χ1) is 17.7. The number of ether oxygens (including phenoxy) is 1. The molecule has 0 atom stereocenters. The minimum Gasteiger partial charge on any atom is -0.494 e. The maximum absolute atomic E-state index is 13.4. The Bertz CT molecular complexity index is 1600. The first-order valence-electron chi connectivity index (χ1n) is 12.3. The predicted molar refractivity (Wildman–Crippen MR) is 145 cm³/mol. The van der Waals surface area contributed by atoms with Crippen LogP contribution in [0.3, 0.4) is 0 Å². The van der Waals surface area contributed by atoms with Gasteiger partial charge in [-0.15, -0.1) is 0 Å². The molecule has 0 radical (unpaired) electrons. The summed E-state index contributed by atoms with van der Waals surface area (Å²) in [7, 11) is 0. The second kappa shape index (κ2) is 9.62. The maximum atomic E-state index is 13.4. The lowest BCUT2D eigenvalue weighted by molar-refractivity contribution is -0.115. The Labute approximate surface area is 215 Å². The zero-order valence-corrected chi connectivity index (χ0v) is 21.4. The molecule has 0 bridgehead atoms. The summed E-state index contributed by atoms with van der Waals surface area (Å²) in [5, 5.41) is 4.52. The van der Waals surface area contributed by atoms with Crippen LogP contribution in [-0.2, 0) is 16.6 Å². The van der Waals surface area contributed by atoms with Crippen molar-refractivity contribution in [2.24, 2.45) is 0 Å². The number of rotatable bonds is 7. The van der Waals surface area contributed by atoms with Gasteiger partial charge >= 0.3 is 0 Å². The van der Waals surface area contributed by atoms with Crippen molar-refractivity contribution >= 4 is 39.3 Å².